The van der Waals surface area contributed by atoms with Crippen molar-refractivity contribution in [2.45, 2.75) is 13.3 Å². The zero-order valence-corrected chi connectivity index (χ0v) is 12.9. The lowest BCUT2D eigenvalue weighted by molar-refractivity contribution is -0.115. The Hall–Kier alpha value is -2.33. The molecule has 2 aromatic carbocycles. The van der Waals surface area contributed by atoms with Crippen LogP contribution in [0.25, 0.3) is 17.2 Å². The van der Waals surface area contributed by atoms with Crippen LogP contribution < -0.4 is 5.32 Å². The molecule has 0 aromatic heterocycles. The van der Waals surface area contributed by atoms with E-state index in [0.29, 0.717) is 4.91 Å². The number of thioether (sulfide) groups is 1. The van der Waals surface area contributed by atoms with Crippen molar-refractivity contribution in [1.29, 1.82) is 0 Å². The van der Waals surface area contributed by atoms with Crippen LogP contribution in [0.2, 0.25) is 0 Å². The molecule has 22 heavy (non-hydrogen) atoms. The van der Waals surface area contributed by atoms with Crippen molar-refractivity contribution in [3.05, 3.63) is 64.6 Å². The third-order valence-corrected chi connectivity index (χ3v) is 4.36. The third-order valence-electron chi connectivity index (χ3n) is 3.55. The van der Waals surface area contributed by atoms with E-state index < -0.39 is 0 Å². The number of carbonyl (C=O) groups is 2. The molecular formula is C18H15NO2S. The Kier molecular flexibility index (Phi) is 4.11. The Morgan fingerprint density at radius 3 is 2.05 bits per heavy atom. The Labute approximate surface area is 133 Å². The number of aryl methyl sites for hydroxylation is 1. The number of benzene rings is 2. The van der Waals surface area contributed by atoms with Crippen molar-refractivity contribution < 1.29 is 9.59 Å². The average molecular weight is 309 g/mol. The van der Waals surface area contributed by atoms with Crippen molar-refractivity contribution in [1.82, 2.24) is 5.32 Å². The minimum atomic E-state index is -0.325. The summed E-state index contributed by atoms with van der Waals surface area (Å²) >= 11 is 0.935. The molecule has 110 valence electrons. The Morgan fingerprint density at radius 1 is 0.955 bits per heavy atom. The molecule has 1 N–H and O–H groups in total. The van der Waals surface area contributed by atoms with Crippen molar-refractivity contribution in [3.8, 4) is 11.1 Å². The number of amides is 2. The fraction of sp³-hybridized carbons (Fsp3) is 0.111. The Morgan fingerprint density at radius 2 is 1.55 bits per heavy atom. The van der Waals surface area contributed by atoms with Gasteiger partial charge >= 0.3 is 0 Å². The lowest BCUT2D eigenvalue weighted by atomic mass is 10.0. The van der Waals surface area contributed by atoms with Gasteiger partial charge in [0.2, 0.25) is 0 Å². The predicted octanol–water partition coefficient (Wildman–Crippen LogP) is 4.24. The molecule has 0 saturated carbocycles. The zero-order chi connectivity index (χ0) is 15.5. The molecule has 4 heteroatoms. The summed E-state index contributed by atoms with van der Waals surface area (Å²) in [5.41, 5.74) is 4.52. The summed E-state index contributed by atoms with van der Waals surface area (Å²) in [6.45, 7) is 2.14. The molecule has 1 fully saturated rings. The summed E-state index contributed by atoms with van der Waals surface area (Å²) < 4.78 is 0. The molecule has 2 aromatic rings. The van der Waals surface area contributed by atoms with E-state index >= 15 is 0 Å². The molecule has 0 radical (unpaired) electrons. The molecule has 0 unspecified atom stereocenters. The molecule has 0 atom stereocenters. The molecule has 1 aliphatic rings. The number of carbonyl (C=O) groups excluding carboxylic acids is 2. The Balaban J connectivity index is 1.82. The first-order valence-electron chi connectivity index (χ1n) is 7.10. The maximum absolute atomic E-state index is 11.5. The monoisotopic (exact) mass is 309 g/mol. The number of hydrogen-bond donors (Lipinski definition) is 1. The quantitative estimate of drug-likeness (QED) is 0.863. The summed E-state index contributed by atoms with van der Waals surface area (Å²) in [5.74, 6) is -0.325. The van der Waals surface area contributed by atoms with Crippen LogP contribution in [0.5, 0.6) is 0 Å². The summed E-state index contributed by atoms with van der Waals surface area (Å²) in [4.78, 5) is 23.1. The van der Waals surface area contributed by atoms with Crippen LogP contribution in [0.3, 0.4) is 0 Å². The number of nitrogens with one attached hydrogen (secondary N) is 1. The van der Waals surface area contributed by atoms with Gasteiger partial charge in [-0.1, -0.05) is 55.5 Å². The van der Waals surface area contributed by atoms with Crippen molar-refractivity contribution >= 4 is 29.0 Å². The van der Waals surface area contributed by atoms with Crippen LogP contribution in [0.4, 0.5) is 4.79 Å². The Bertz CT molecular complexity index is 746. The molecule has 0 aliphatic carbocycles. The smallest absolute Gasteiger partial charge is 0.282 e. The van der Waals surface area contributed by atoms with Gasteiger partial charge in [0.1, 0.15) is 0 Å². The maximum atomic E-state index is 11.5. The first kappa shape index (κ1) is 14.6. The molecule has 1 heterocycles. The summed E-state index contributed by atoms with van der Waals surface area (Å²) in [6, 6.07) is 16.4. The summed E-state index contributed by atoms with van der Waals surface area (Å²) in [6.07, 6.45) is 2.76. The first-order valence-corrected chi connectivity index (χ1v) is 7.91. The highest BCUT2D eigenvalue weighted by Gasteiger charge is 2.24. The van der Waals surface area contributed by atoms with Gasteiger partial charge in [-0.25, -0.2) is 0 Å². The van der Waals surface area contributed by atoms with Crippen LogP contribution in [0, 0.1) is 0 Å². The van der Waals surface area contributed by atoms with Gasteiger partial charge < -0.3 is 0 Å². The fourth-order valence-electron chi connectivity index (χ4n) is 2.28. The topological polar surface area (TPSA) is 46.2 Å². The van der Waals surface area contributed by atoms with Gasteiger partial charge in [0.05, 0.1) is 4.91 Å². The van der Waals surface area contributed by atoms with Crippen LogP contribution in [0.1, 0.15) is 18.1 Å². The molecule has 1 saturated heterocycles. The second-order valence-electron chi connectivity index (χ2n) is 5.02. The molecule has 0 bridgehead atoms. The third kappa shape index (κ3) is 3.12. The minimum absolute atomic E-state index is 0.316. The molecule has 1 aliphatic heterocycles. The predicted molar refractivity (Wildman–Crippen MR) is 90.4 cm³/mol. The van der Waals surface area contributed by atoms with Gasteiger partial charge in [0.25, 0.3) is 11.1 Å². The van der Waals surface area contributed by atoms with Crippen LogP contribution in [0.15, 0.2) is 53.4 Å². The van der Waals surface area contributed by atoms with Crippen molar-refractivity contribution in [2.75, 3.05) is 0 Å². The van der Waals surface area contributed by atoms with Gasteiger partial charge in [0, 0.05) is 0 Å². The molecule has 0 spiro atoms. The second-order valence-corrected chi connectivity index (χ2v) is 6.04. The van der Waals surface area contributed by atoms with E-state index in [2.05, 4.69) is 36.5 Å². The highest BCUT2D eigenvalue weighted by molar-refractivity contribution is 8.18. The van der Waals surface area contributed by atoms with Gasteiger partial charge in [-0.2, -0.15) is 0 Å². The van der Waals surface area contributed by atoms with Crippen LogP contribution >= 0.6 is 11.8 Å². The van der Waals surface area contributed by atoms with E-state index in [1.807, 2.05) is 24.3 Å². The minimum Gasteiger partial charge on any atom is -0.282 e. The second kappa shape index (κ2) is 6.20. The van der Waals surface area contributed by atoms with E-state index in [0.717, 1.165) is 29.3 Å². The highest BCUT2D eigenvalue weighted by atomic mass is 32.2. The van der Waals surface area contributed by atoms with Crippen LogP contribution in [-0.2, 0) is 11.2 Å². The molecular weight excluding hydrogens is 294 g/mol. The largest absolute Gasteiger partial charge is 0.290 e. The highest BCUT2D eigenvalue weighted by Crippen LogP contribution is 2.26. The molecule has 3 nitrogen and oxygen atoms in total. The van der Waals surface area contributed by atoms with Gasteiger partial charge in [0.15, 0.2) is 0 Å². The number of imide groups is 1. The average Bonchev–Trinajstić information content (AvgIpc) is 2.86. The standard InChI is InChI=1S/C18H15NO2S/c1-2-12-3-7-14(8-4-12)15-9-5-13(6-10-15)11-16-17(20)19-18(21)22-16/h3-11H,2H2,1H3,(H,19,20,21)/b16-11+. The van der Waals surface area contributed by atoms with E-state index in [-0.39, 0.29) is 11.1 Å². The van der Waals surface area contributed by atoms with E-state index in [4.69, 9.17) is 0 Å². The van der Waals surface area contributed by atoms with Crippen molar-refractivity contribution in [3.63, 3.8) is 0 Å². The molecule has 3 rings (SSSR count). The van der Waals surface area contributed by atoms with E-state index in [1.165, 1.54) is 11.1 Å². The fourth-order valence-corrected chi connectivity index (χ4v) is 2.96. The lowest BCUT2D eigenvalue weighted by Crippen LogP contribution is -2.17. The van der Waals surface area contributed by atoms with Gasteiger partial charge in [-0.3, -0.25) is 14.9 Å². The number of rotatable bonds is 3. The number of hydrogen-bond acceptors (Lipinski definition) is 3. The molecule has 2 amide bonds. The first-order chi connectivity index (χ1) is 10.7. The lowest BCUT2D eigenvalue weighted by Gasteiger charge is -2.04. The van der Waals surface area contributed by atoms with Crippen LogP contribution in [-0.4, -0.2) is 11.1 Å². The van der Waals surface area contributed by atoms with E-state index in [9.17, 15) is 9.59 Å². The SMILES string of the molecule is CCc1ccc(-c2ccc(/C=C3/SC(=O)NC3=O)cc2)cc1. The summed E-state index contributed by atoms with van der Waals surface area (Å²) in [5, 5.41) is 1.94. The van der Waals surface area contributed by atoms with Gasteiger partial charge in [-0.05, 0) is 46.5 Å². The normalized spacial score (nSPS) is 16.1. The maximum Gasteiger partial charge on any atom is 0.290 e. The van der Waals surface area contributed by atoms with Gasteiger partial charge in [-0.15, -0.1) is 0 Å². The summed E-state index contributed by atoms with van der Waals surface area (Å²) in [7, 11) is 0. The van der Waals surface area contributed by atoms with E-state index in [1.54, 1.807) is 6.08 Å². The van der Waals surface area contributed by atoms with Crippen molar-refractivity contribution in [2.24, 2.45) is 0 Å². The zero-order valence-electron chi connectivity index (χ0n) is 12.1.